The van der Waals surface area contributed by atoms with Gasteiger partial charge in [-0.25, -0.2) is 4.79 Å². The van der Waals surface area contributed by atoms with Crippen molar-refractivity contribution in [3.63, 3.8) is 0 Å². The van der Waals surface area contributed by atoms with Gasteiger partial charge in [0, 0.05) is 13.1 Å². The van der Waals surface area contributed by atoms with E-state index in [0.29, 0.717) is 13.1 Å². The molecule has 0 saturated carbocycles. The summed E-state index contributed by atoms with van der Waals surface area (Å²) in [5, 5.41) is 0. The first-order chi connectivity index (χ1) is 11.8. The van der Waals surface area contributed by atoms with Gasteiger partial charge in [-0.05, 0) is 32.9 Å². The topological polar surface area (TPSA) is 65.1 Å². The summed E-state index contributed by atoms with van der Waals surface area (Å²) in [5.41, 5.74) is -0.161. The van der Waals surface area contributed by atoms with Crippen LogP contribution in [0.2, 0.25) is 0 Å². The highest BCUT2D eigenvalue weighted by atomic mass is 19.3. The van der Waals surface area contributed by atoms with E-state index < -0.39 is 18.7 Å². The molecule has 1 aromatic carbocycles. The SMILES string of the molecule is CC1CN(C(=O)C(C)OC(=O)c2ccccc2OC(F)F)CC(C)O1. The predicted octanol–water partition coefficient (Wildman–Crippen LogP) is 2.47. The highest BCUT2D eigenvalue weighted by Crippen LogP contribution is 2.22. The maximum absolute atomic E-state index is 12.5. The minimum atomic E-state index is -3.07. The minimum Gasteiger partial charge on any atom is -0.449 e. The lowest BCUT2D eigenvalue weighted by Crippen LogP contribution is -2.51. The van der Waals surface area contributed by atoms with Crippen LogP contribution >= 0.6 is 0 Å². The van der Waals surface area contributed by atoms with Crippen LogP contribution in [-0.2, 0) is 14.3 Å². The molecule has 1 heterocycles. The van der Waals surface area contributed by atoms with Crippen LogP contribution in [-0.4, -0.2) is 54.8 Å². The van der Waals surface area contributed by atoms with E-state index in [4.69, 9.17) is 9.47 Å². The van der Waals surface area contributed by atoms with E-state index in [1.807, 2.05) is 13.8 Å². The number of hydrogen-bond acceptors (Lipinski definition) is 5. The van der Waals surface area contributed by atoms with Crippen LogP contribution in [0, 0.1) is 0 Å². The van der Waals surface area contributed by atoms with E-state index in [1.54, 1.807) is 4.90 Å². The first-order valence-corrected chi connectivity index (χ1v) is 7.97. The van der Waals surface area contributed by atoms with Crippen molar-refractivity contribution in [1.29, 1.82) is 0 Å². The Bertz CT molecular complexity index is 615. The number of benzene rings is 1. The van der Waals surface area contributed by atoms with Gasteiger partial charge < -0.3 is 19.1 Å². The summed E-state index contributed by atoms with van der Waals surface area (Å²) in [7, 11) is 0. The number of morpholine rings is 1. The smallest absolute Gasteiger partial charge is 0.387 e. The number of para-hydroxylation sites is 1. The van der Waals surface area contributed by atoms with Gasteiger partial charge in [-0.3, -0.25) is 4.79 Å². The van der Waals surface area contributed by atoms with E-state index in [1.165, 1.54) is 31.2 Å². The standard InChI is InChI=1S/C17H21F2NO5/c1-10-8-20(9-11(2)23-10)15(21)12(3)24-16(22)13-6-4-5-7-14(13)25-17(18)19/h4-7,10-12,17H,8-9H2,1-3H3. The monoisotopic (exact) mass is 357 g/mol. The summed E-state index contributed by atoms with van der Waals surface area (Å²) in [4.78, 5) is 26.3. The average molecular weight is 357 g/mol. The van der Waals surface area contributed by atoms with Gasteiger partial charge in [0.2, 0.25) is 0 Å². The number of carbonyl (C=O) groups is 2. The van der Waals surface area contributed by atoms with Crippen LogP contribution < -0.4 is 4.74 Å². The predicted molar refractivity (Wildman–Crippen MR) is 84.5 cm³/mol. The van der Waals surface area contributed by atoms with Crippen LogP contribution in [0.5, 0.6) is 5.75 Å². The van der Waals surface area contributed by atoms with Gasteiger partial charge in [0.1, 0.15) is 11.3 Å². The molecule has 2 rings (SSSR count). The van der Waals surface area contributed by atoms with Gasteiger partial charge in [-0.15, -0.1) is 0 Å². The number of ether oxygens (including phenoxy) is 3. The van der Waals surface area contributed by atoms with E-state index in [2.05, 4.69) is 4.74 Å². The molecule has 1 aliphatic heterocycles. The molecule has 25 heavy (non-hydrogen) atoms. The molecule has 1 fully saturated rings. The van der Waals surface area contributed by atoms with Gasteiger partial charge in [0.05, 0.1) is 12.2 Å². The normalized spacial score (nSPS) is 21.8. The highest BCUT2D eigenvalue weighted by molar-refractivity contribution is 5.94. The Morgan fingerprint density at radius 2 is 1.80 bits per heavy atom. The first-order valence-electron chi connectivity index (χ1n) is 7.97. The molecule has 1 aromatic rings. The summed E-state index contributed by atoms with van der Waals surface area (Å²) < 4.78 is 39.9. The summed E-state index contributed by atoms with van der Waals surface area (Å²) in [6, 6.07) is 5.49. The Kier molecular flexibility index (Phi) is 6.30. The summed E-state index contributed by atoms with van der Waals surface area (Å²) >= 11 is 0. The van der Waals surface area contributed by atoms with Crippen LogP contribution in [0.25, 0.3) is 0 Å². The molecule has 1 amide bonds. The molecular formula is C17H21F2NO5. The lowest BCUT2D eigenvalue weighted by Gasteiger charge is -2.36. The van der Waals surface area contributed by atoms with Crippen LogP contribution in [0.1, 0.15) is 31.1 Å². The van der Waals surface area contributed by atoms with Crippen molar-refractivity contribution in [3.05, 3.63) is 29.8 Å². The van der Waals surface area contributed by atoms with Crippen molar-refractivity contribution in [3.8, 4) is 5.75 Å². The second kappa shape index (κ2) is 8.24. The van der Waals surface area contributed by atoms with Crippen LogP contribution in [0.3, 0.4) is 0 Å². The number of nitrogens with zero attached hydrogens (tertiary/aromatic N) is 1. The summed E-state index contributed by atoms with van der Waals surface area (Å²) in [6.45, 7) is 2.88. The maximum Gasteiger partial charge on any atom is 0.387 e. The van der Waals surface area contributed by atoms with Crippen molar-refractivity contribution in [2.75, 3.05) is 13.1 Å². The molecule has 138 valence electrons. The molecule has 0 radical (unpaired) electrons. The molecule has 6 nitrogen and oxygen atoms in total. The van der Waals surface area contributed by atoms with Gasteiger partial charge in [-0.1, -0.05) is 12.1 Å². The molecule has 1 saturated heterocycles. The molecule has 0 N–H and O–H groups in total. The second-order valence-electron chi connectivity index (χ2n) is 5.92. The number of amides is 1. The van der Waals surface area contributed by atoms with Crippen LogP contribution in [0.4, 0.5) is 8.78 Å². The third-order valence-corrected chi connectivity index (χ3v) is 3.69. The van der Waals surface area contributed by atoms with Gasteiger partial charge in [0.15, 0.2) is 6.10 Å². The Morgan fingerprint density at radius 1 is 1.20 bits per heavy atom. The summed E-state index contributed by atoms with van der Waals surface area (Å²) in [6.07, 6.45) is -1.28. The number of halogens is 2. The highest BCUT2D eigenvalue weighted by Gasteiger charge is 2.31. The first kappa shape index (κ1) is 19.1. The molecular weight excluding hydrogens is 336 g/mol. The Morgan fingerprint density at radius 3 is 2.40 bits per heavy atom. The molecule has 1 aliphatic rings. The molecule has 0 aliphatic carbocycles. The number of hydrogen-bond donors (Lipinski definition) is 0. The van der Waals surface area contributed by atoms with E-state index >= 15 is 0 Å². The van der Waals surface area contributed by atoms with Crippen molar-refractivity contribution in [2.45, 2.75) is 45.7 Å². The fourth-order valence-electron chi connectivity index (χ4n) is 2.72. The van der Waals surface area contributed by atoms with Crippen molar-refractivity contribution in [2.24, 2.45) is 0 Å². The third kappa shape index (κ3) is 5.12. The fraction of sp³-hybridized carbons (Fsp3) is 0.529. The van der Waals surface area contributed by atoms with Crippen molar-refractivity contribution < 1.29 is 32.6 Å². The Balaban J connectivity index is 2.04. The largest absolute Gasteiger partial charge is 0.449 e. The quantitative estimate of drug-likeness (QED) is 0.758. The third-order valence-electron chi connectivity index (χ3n) is 3.69. The zero-order chi connectivity index (χ0) is 18.6. The number of alkyl halides is 2. The summed E-state index contributed by atoms with van der Waals surface area (Å²) in [5.74, 6) is -1.55. The van der Waals surface area contributed by atoms with Gasteiger partial charge in [-0.2, -0.15) is 8.78 Å². The lowest BCUT2D eigenvalue weighted by atomic mass is 10.2. The van der Waals surface area contributed by atoms with Gasteiger partial charge in [0.25, 0.3) is 5.91 Å². The average Bonchev–Trinajstić information content (AvgIpc) is 2.53. The van der Waals surface area contributed by atoms with Gasteiger partial charge >= 0.3 is 12.6 Å². The number of carbonyl (C=O) groups excluding carboxylic acids is 2. The Labute approximate surface area is 144 Å². The van der Waals surface area contributed by atoms with E-state index in [-0.39, 0.29) is 29.4 Å². The second-order valence-corrected chi connectivity index (χ2v) is 5.92. The molecule has 0 spiro atoms. The van der Waals surface area contributed by atoms with E-state index in [0.717, 1.165) is 0 Å². The Hall–Kier alpha value is -2.22. The maximum atomic E-state index is 12.5. The number of rotatable bonds is 5. The minimum absolute atomic E-state index is 0.115. The van der Waals surface area contributed by atoms with Crippen molar-refractivity contribution >= 4 is 11.9 Å². The zero-order valence-electron chi connectivity index (χ0n) is 14.3. The molecule has 3 atom stereocenters. The van der Waals surface area contributed by atoms with E-state index in [9.17, 15) is 18.4 Å². The fourth-order valence-corrected chi connectivity index (χ4v) is 2.72. The molecule has 0 bridgehead atoms. The van der Waals surface area contributed by atoms with Crippen molar-refractivity contribution in [1.82, 2.24) is 4.90 Å². The molecule has 3 unspecified atom stereocenters. The lowest BCUT2D eigenvalue weighted by molar-refractivity contribution is -0.151. The molecule has 8 heteroatoms. The molecule has 0 aromatic heterocycles. The number of esters is 1. The zero-order valence-corrected chi connectivity index (χ0v) is 14.3. The van der Waals surface area contributed by atoms with Crippen LogP contribution in [0.15, 0.2) is 24.3 Å².